The highest BCUT2D eigenvalue weighted by atomic mass is 16.5. The summed E-state index contributed by atoms with van der Waals surface area (Å²) in [5.74, 6) is 3.35. The van der Waals surface area contributed by atoms with Crippen molar-refractivity contribution in [2.24, 2.45) is 24.3 Å². The zero-order chi connectivity index (χ0) is 33.8. The van der Waals surface area contributed by atoms with Crippen LogP contribution in [0.4, 0.5) is 0 Å². The second-order valence-electron chi connectivity index (χ2n) is 19.4. The standard InChI is InChI=1S/C43H47N3O5/c1-39-17-25-26-18-43(49)30-15-23-7-9-27(47)35-31(23)41(43,13-14-45(30)19-21-3-4-21)38(51-35)34(26)44(2)33(25)37-40(39)12-11-29-42(39,46(29)20-22-5-6-22)16-24-8-10-28(48)36(50-37)32(24)40/h7-10,21-22,29-30,37-38,47-49H,3-6,11-20H2,1-2H3/t29?,30?,37-,38-,39+,40-,41-,42?,43+,46?/m0/s1. The number of rotatable bonds is 4. The maximum atomic E-state index is 13.7. The number of aromatic hydroxyl groups is 2. The summed E-state index contributed by atoms with van der Waals surface area (Å²) in [6.07, 6.45) is 11.2. The Bertz CT molecular complexity index is 2200. The SMILES string of the molecule is Cn1c2c(c3c1[C@@H]1Oc4c(O)ccc5c4[C@@]14CCC1N(CC6CC6)C1(C5)[C@]4(C)C3)C[C@@]1(O)C3Cc4ccc(O)c5c4[C@@]1(CCN3CC1CC1)[C@H]2O5. The molecule has 3 N–H and O–H groups in total. The third kappa shape index (κ3) is 2.69. The molecule has 3 aromatic rings. The number of hydrogen-bond donors (Lipinski definition) is 3. The summed E-state index contributed by atoms with van der Waals surface area (Å²) in [6.45, 7) is 5.83. The van der Waals surface area contributed by atoms with Gasteiger partial charge in [0.05, 0.1) is 22.4 Å². The molecule has 4 aliphatic heterocycles. The predicted octanol–water partition coefficient (Wildman–Crippen LogP) is 5.25. The van der Waals surface area contributed by atoms with Gasteiger partial charge in [-0.25, -0.2) is 0 Å². The van der Waals surface area contributed by atoms with Crippen LogP contribution in [0.5, 0.6) is 23.0 Å². The van der Waals surface area contributed by atoms with Crippen molar-refractivity contribution in [3.8, 4) is 23.0 Å². The van der Waals surface area contributed by atoms with Crippen molar-refractivity contribution in [1.29, 1.82) is 0 Å². The second-order valence-corrected chi connectivity index (χ2v) is 19.4. The van der Waals surface area contributed by atoms with Crippen LogP contribution in [0.2, 0.25) is 0 Å². The van der Waals surface area contributed by atoms with Crippen molar-refractivity contribution in [3.63, 3.8) is 0 Å². The molecule has 8 nitrogen and oxygen atoms in total. The van der Waals surface area contributed by atoms with Gasteiger partial charge in [-0.2, -0.15) is 0 Å². The molecule has 2 saturated heterocycles. The van der Waals surface area contributed by atoms with Crippen molar-refractivity contribution in [2.45, 2.75) is 124 Å². The highest BCUT2D eigenvalue weighted by Crippen LogP contribution is 2.81. The Morgan fingerprint density at radius 3 is 2.12 bits per heavy atom. The molecule has 5 heterocycles. The molecule has 264 valence electrons. The average Bonchev–Trinajstić information content (AvgIpc) is 4.06. The topological polar surface area (TPSA) is 90.3 Å². The first-order valence-electron chi connectivity index (χ1n) is 20.1. The number of aliphatic hydroxyl groups is 1. The minimum atomic E-state index is -1.01. The van der Waals surface area contributed by atoms with Gasteiger partial charge in [0.2, 0.25) is 0 Å². The molecule has 14 rings (SSSR count). The molecular formula is C43H47N3O5. The van der Waals surface area contributed by atoms with Gasteiger partial charge in [-0.05, 0) is 117 Å². The van der Waals surface area contributed by atoms with Gasteiger partial charge in [0.15, 0.2) is 29.1 Å². The number of fused-ring (bicyclic) bond motifs is 5. The molecular weight excluding hydrogens is 638 g/mol. The van der Waals surface area contributed by atoms with Gasteiger partial charge in [0.25, 0.3) is 0 Å². The first kappa shape index (κ1) is 28.3. The molecule has 1 aromatic heterocycles. The minimum Gasteiger partial charge on any atom is -0.504 e. The largest absolute Gasteiger partial charge is 0.504 e. The fourth-order valence-electron chi connectivity index (χ4n) is 15.5. The molecule has 3 spiro atoms. The number of aromatic nitrogens is 1. The fraction of sp³-hybridized carbons (Fsp3) is 0.628. The smallest absolute Gasteiger partial charge is 0.166 e. The first-order chi connectivity index (χ1) is 24.7. The molecule has 10 atom stereocenters. The van der Waals surface area contributed by atoms with Gasteiger partial charge in [0.1, 0.15) is 6.10 Å². The van der Waals surface area contributed by atoms with Crippen molar-refractivity contribution >= 4 is 0 Å². The lowest BCUT2D eigenvalue weighted by atomic mass is 9.40. The first-order valence-corrected chi connectivity index (χ1v) is 20.1. The molecule has 4 unspecified atom stereocenters. The van der Waals surface area contributed by atoms with E-state index in [-0.39, 0.29) is 46.1 Å². The molecule has 8 heteroatoms. The van der Waals surface area contributed by atoms with E-state index in [2.05, 4.69) is 40.5 Å². The number of piperidine rings is 1. The van der Waals surface area contributed by atoms with Crippen LogP contribution >= 0.6 is 0 Å². The van der Waals surface area contributed by atoms with Gasteiger partial charge in [0, 0.05) is 66.1 Å². The van der Waals surface area contributed by atoms with Crippen molar-refractivity contribution in [2.75, 3.05) is 19.6 Å². The highest BCUT2D eigenvalue weighted by Gasteiger charge is 2.85. The average molecular weight is 686 g/mol. The maximum absolute atomic E-state index is 13.7. The summed E-state index contributed by atoms with van der Waals surface area (Å²) in [7, 11) is 2.22. The van der Waals surface area contributed by atoms with E-state index in [0.29, 0.717) is 18.2 Å². The van der Waals surface area contributed by atoms with Crippen LogP contribution in [-0.2, 0) is 43.6 Å². The Kier molecular flexibility index (Phi) is 4.52. The molecule has 3 saturated carbocycles. The van der Waals surface area contributed by atoms with Gasteiger partial charge < -0.3 is 29.4 Å². The van der Waals surface area contributed by atoms with Gasteiger partial charge >= 0.3 is 0 Å². The molecule has 0 amide bonds. The van der Waals surface area contributed by atoms with Crippen LogP contribution in [0.1, 0.15) is 109 Å². The van der Waals surface area contributed by atoms with Crippen LogP contribution < -0.4 is 9.47 Å². The highest BCUT2D eigenvalue weighted by molar-refractivity contribution is 5.70. The normalized spacial score (nSPS) is 44.8. The summed E-state index contributed by atoms with van der Waals surface area (Å²) in [6, 6.07) is 8.63. The monoisotopic (exact) mass is 685 g/mol. The number of nitrogens with zero attached hydrogens (tertiary/aromatic N) is 3. The van der Waals surface area contributed by atoms with Gasteiger partial charge in [-0.15, -0.1) is 0 Å². The second kappa shape index (κ2) is 8.14. The van der Waals surface area contributed by atoms with Crippen LogP contribution in [-0.4, -0.2) is 72.5 Å². The predicted molar refractivity (Wildman–Crippen MR) is 187 cm³/mol. The molecule has 7 aliphatic carbocycles. The van der Waals surface area contributed by atoms with Crippen LogP contribution in [0.3, 0.4) is 0 Å². The number of hydrogen-bond acceptors (Lipinski definition) is 7. The lowest BCUT2D eigenvalue weighted by molar-refractivity contribution is -0.174. The molecule has 5 fully saturated rings. The Morgan fingerprint density at radius 1 is 0.745 bits per heavy atom. The summed E-state index contributed by atoms with van der Waals surface area (Å²) < 4.78 is 16.8. The van der Waals surface area contributed by atoms with E-state index in [1.54, 1.807) is 0 Å². The van der Waals surface area contributed by atoms with E-state index in [4.69, 9.17) is 9.47 Å². The van der Waals surface area contributed by atoms with Crippen molar-refractivity contribution in [3.05, 3.63) is 69.0 Å². The Balaban J connectivity index is 1.02. The van der Waals surface area contributed by atoms with E-state index in [1.165, 1.54) is 77.9 Å². The Morgan fingerprint density at radius 2 is 1.39 bits per heavy atom. The van der Waals surface area contributed by atoms with Crippen LogP contribution in [0, 0.1) is 17.3 Å². The van der Waals surface area contributed by atoms with Gasteiger partial charge in [-0.1, -0.05) is 19.1 Å². The van der Waals surface area contributed by atoms with Crippen molar-refractivity contribution in [1.82, 2.24) is 14.4 Å². The molecule has 11 aliphatic rings. The van der Waals surface area contributed by atoms with Crippen LogP contribution in [0.25, 0.3) is 0 Å². The van der Waals surface area contributed by atoms with Gasteiger partial charge in [-0.3, -0.25) is 9.80 Å². The van der Waals surface area contributed by atoms with E-state index in [1.807, 2.05) is 12.1 Å². The van der Waals surface area contributed by atoms with E-state index in [9.17, 15) is 15.3 Å². The zero-order valence-corrected chi connectivity index (χ0v) is 29.7. The zero-order valence-electron chi connectivity index (χ0n) is 29.7. The van der Waals surface area contributed by atoms with E-state index < -0.39 is 11.0 Å². The number of ether oxygens (including phenoxy) is 2. The third-order valence-electron chi connectivity index (χ3n) is 17.8. The third-order valence-corrected chi connectivity index (χ3v) is 17.8. The molecule has 4 bridgehead atoms. The summed E-state index contributed by atoms with van der Waals surface area (Å²) in [5, 5.41) is 36.5. The Labute approximate surface area is 298 Å². The number of phenols is 2. The molecule has 51 heavy (non-hydrogen) atoms. The van der Waals surface area contributed by atoms with E-state index in [0.717, 1.165) is 68.3 Å². The number of benzene rings is 2. The minimum absolute atomic E-state index is 0.0106. The van der Waals surface area contributed by atoms with E-state index >= 15 is 0 Å². The lowest BCUT2D eigenvalue weighted by Gasteiger charge is -2.63. The maximum Gasteiger partial charge on any atom is 0.166 e. The quantitative estimate of drug-likeness (QED) is 0.324. The fourth-order valence-corrected chi connectivity index (χ4v) is 15.5. The summed E-state index contributed by atoms with van der Waals surface area (Å²) in [5.41, 5.74) is 8.19. The molecule has 0 radical (unpaired) electrons. The Hall–Kier alpha value is -3.20. The number of likely N-dealkylation sites (tertiary alicyclic amines) is 2. The lowest BCUT2D eigenvalue weighted by Crippen LogP contribution is -2.74. The number of phenolic OH excluding ortho intramolecular Hbond substituents is 2. The summed E-state index contributed by atoms with van der Waals surface area (Å²) >= 11 is 0. The summed E-state index contributed by atoms with van der Waals surface area (Å²) in [4.78, 5) is 5.57. The molecule has 2 aromatic carbocycles. The van der Waals surface area contributed by atoms with Crippen molar-refractivity contribution < 1.29 is 24.8 Å². The van der Waals surface area contributed by atoms with Crippen LogP contribution in [0.15, 0.2) is 24.3 Å².